The topological polar surface area (TPSA) is 50.9 Å². The van der Waals surface area contributed by atoms with Crippen LogP contribution in [0, 0.1) is 20.8 Å². The smallest absolute Gasteiger partial charge is 0.0735 e. The maximum absolute atomic E-state index is 5.68. The fraction of sp³-hybridized carbons (Fsp3) is 0.308. The molecule has 4 heteroatoms. The van der Waals surface area contributed by atoms with Crippen LogP contribution in [0.4, 0.5) is 0 Å². The first kappa shape index (κ1) is 12.2. The molecule has 0 radical (unpaired) electrons. The van der Waals surface area contributed by atoms with Crippen molar-refractivity contribution in [2.75, 3.05) is 0 Å². The molecular weight excluding hydrogens is 230 g/mol. The Kier molecular flexibility index (Phi) is 3.57. The van der Waals surface area contributed by atoms with Crippen LogP contribution in [-0.4, -0.2) is 4.98 Å². The Bertz CT molecular complexity index is 519. The number of nitrogens with zero attached hydrogens (tertiary/aromatic N) is 1. The fourth-order valence-corrected chi connectivity index (χ4v) is 2.71. The Labute approximate surface area is 106 Å². The average molecular weight is 247 g/mol. The van der Waals surface area contributed by atoms with E-state index in [1.165, 1.54) is 10.4 Å². The summed E-state index contributed by atoms with van der Waals surface area (Å²) in [5.41, 5.74) is 7.26. The van der Waals surface area contributed by atoms with Crippen molar-refractivity contribution in [2.45, 2.75) is 26.8 Å². The van der Waals surface area contributed by atoms with Crippen LogP contribution in [0.5, 0.6) is 0 Å². The number of aromatic nitrogens is 1. The summed E-state index contributed by atoms with van der Waals surface area (Å²) in [6.45, 7) is 6.12. The minimum absolute atomic E-state index is 0.0213. The quantitative estimate of drug-likeness (QED) is 0.647. The molecule has 2 rings (SSSR count). The predicted octanol–water partition coefficient (Wildman–Crippen LogP) is 2.62. The van der Waals surface area contributed by atoms with E-state index in [4.69, 9.17) is 5.84 Å². The van der Waals surface area contributed by atoms with Crippen molar-refractivity contribution in [3.8, 4) is 0 Å². The van der Waals surface area contributed by atoms with Crippen molar-refractivity contribution in [2.24, 2.45) is 5.84 Å². The molecule has 17 heavy (non-hydrogen) atoms. The summed E-state index contributed by atoms with van der Waals surface area (Å²) in [5.74, 6) is 5.68. The number of rotatable bonds is 3. The minimum Gasteiger partial charge on any atom is -0.271 e. The van der Waals surface area contributed by atoms with Gasteiger partial charge in [-0.3, -0.25) is 10.8 Å². The summed E-state index contributed by atoms with van der Waals surface area (Å²) in [7, 11) is 0. The van der Waals surface area contributed by atoms with Crippen LogP contribution in [0.2, 0.25) is 0 Å². The van der Waals surface area contributed by atoms with Crippen LogP contribution in [0.25, 0.3) is 0 Å². The molecular formula is C13H17N3S. The van der Waals surface area contributed by atoms with Gasteiger partial charge in [0.1, 0.15) is 0 Å². The largest absolute Gasteiger partial charge is 0.271 e. The molecule has 3 nitrogen and oxygen atoms in total. The highest BCUT2D eigenvalue weighted by molar-refractivity contribution is 7.10. The predicted molar refractivity (Wildman–Crippen MR) is 71.9 cm³/mol. The van der Waals surface area contributed by atoms with Crippen molar-refractivity contribution in [1.82, 2.24) is 10.4 Å². The zero-order valence-electron chi connectivity index (χ0n) is 10.3. The van der Waals surface area contributed by atoms with E-state index in [9.17, 15) is 0 Å². The Morgan fingerprint density at radius 1 is 1.29 bits per heavy atom. The monoisotopic (exact) mass is 247 g/mol. The van der Waals surface area contributed by atoms with Gasteiger partial charge >= 0.3 is 0 Å². The van der Waals surface area contributed by atoms with Gasteiger partial charge in [-0.15, -0.1) is 11.3 Å². The average Bonchev–Trinajstić information content (AvgIpc) is 2.69. The van der Waals surface area contributed by atoms with Gasteiger partial charge in [0.15, 0.2) is 0 Å². The van der Waals surface area contributed by atoms with Crippen LogP contribution >= 0.6 is 11.3 Å². The lowest BCUT2D eigenvalue weighted by atomic mass is 10.00. The van der Waals surface area contributed by atoms with Crippen LogP contribution in [0.3, 0.4) is 0 Å². The Morgan fingerprint density at radius 3 is 2.59 bits per heavy atom. The zero-order valence-corrected chi connectivity index (χ0v) is 11.1. The lowest BCUT2D eigenvalue weighted by molar-refractivity contribution is 0.631. The SMILES string of the molecule is Cc1ccc(C(NN)c2csc(C)c2)c(C)n1. The lowest BCUT2D eigenvalue weighted by Crippen LogP contribution is -2.29. The highest BCUT2D eigenvalue weighted by Gasteiger charge is 2.16. The van der Waals surface area contributed by atoms with Gasteiger partial charge in [0.2, 0.25) is 0 Å². The van der Waals surface area contributed by atoms with Crippen molar-refractivity contribution in [1.29, 1.82) is 0 Å². The molecule has 0 saturated heterocycles. The van der Waals surface area contributed by atoms with E-state index in [1.54, 1.807) is 11.3 Å². The van der Waals surface area contributed by atoms with E-state index in [1.807, 2.05) is 19.9 Å². The van der Waals surface area contributed by atoms with Gasteiger partial charge in [-0.25, -0.2) is 5.43 Å². The van der Waals surface area contributed by atoms with Gasteiger partial charge < -0.3 is 0 Å². The molecule has 0 spiro atoms. The molecule has 0 bridgehead atoms. The first-order chi connectivity index (χ1) is 8.11. The number of hydrazine groups is 1. The third-order valence-electron chi connectivity index (χ3n) is 2.83. The van der Waals surface area contributed by atoms with E-state index >= 15 is 0 Å². The maximum atomic E-state index is 5.68. The van der Waals surface area contributed by atoms with Gasteiger partial charge in [0.05, 0.1) is 6.04 Å². The Balaban J connectivity index is 2.42. The molecule has 0 amide bonds. The molecule has 0 aliphatic heterocycles. The second-order valence-electron chi connectivity index (χ2n) is 4.22. The molecule has 0 aliphatic carbocycles. The summed E-state index contributed by atoms with van der Waals surface area (Å²) in [4.78, 5) is 5.77. The zero-order chi connectivity index (χ0) is 12.4. The summed E-state index contributed by atoms with van der Waals surface area (Å²) < 4.78 is 0. The summed E-state index contributed by atoms with van der Waals surface area (Å²) in [6, 6.07) is 6.29. The fourth-order valence-electron chi connectivity index (χ4n) is 1.98. The van der Waals surface area contributed by atoms with Gasteiger partial charge in [0, 0.05) is 16.3 Å². The molecule has 0 aromatic carbocycles. The summed E-state index contributed by atoms with van der Waals surface area (Å²) in [5, 5.41) is 2.14. The minimum atomic E-state index is 0.0213. The molecule has 1 atom stereocenters. The molecule has 0 aliphatic rings. The maximum Gasteiger partial charge on any atom is 0.0735 e. The van der Waals surface area contributed by atoms with E-state index in [-0.39, 0.29) is 6.04 Å². The summed E-state index contributed by atoms with van der Waals surface area (Å²) >= 11 is 1.74. The van der Waals surface area contributed by atoms with Crippen LogP contribution in [0.1, 0.15) is 33.4 Å². The van der Waals surface area contributed by atoms with Crippen LogP contribution in [-0.2, 0) is 0 Å². The first-order valence-corrected chi connectivity index (χ1v) is 6.45. The molecule has 2 aromatic heterocycles. The van der Waals surface area contributed by atoms with Gasteiger partial charge in [-0.05, 0) is 49.4 Å². The number of aryl methyl sites for hydroxylation is 3. The van der Waals surface area contributed by atoms with E-state index < -0.39 is 0 Å². The van der Waals surface area contributed by atoms with Crippen LogP contribution < -0.4 is 11.3 Å². The highest BCUT2D eigenvalue weighted by atomic mass is 32.1. The number of hydrogen-bond donors (Lipinski definition) is 2. The molecule has 1 unspecified atom stereocenters. The number of nitrogens with two attached hydrogens (primary N) is 1. The summed E-state index contributed by atoms with van der Waals surface area (Å²) in [6.07, 6.45) is 0. The van der Waals surface area contributed by atoms with Crippen molar-refractivity contribution in [3.63, 3.8) is 0 Å². The number of nitrogens with one attached hydrogen (secondary N) is 1. The third kappa shape index (κ3) is 2.54. The van der Waals surface area contributed by atoms with E-state index in [0.29, 0.717) is 0 Å². The van der Waals surface area contributed by atoms with Crippen molar-refractivity contribution in [3.05, 3.63) is 51.0 Å². The molecule has 2 heterocycles. The second-order valence-corrected chi connectivity index (χ2v) is 5.33. The highest BCUT2D eigenvalue weighted by Crippen LogP contribution is 2.27. The normalized spacial score (nSPS) is 12.7. The lowest BCUT2D eigenvalue weighted by Gasteiger charge is -2.17. The van der Waals surface area contributed by atoms with E-state index in [0.717, 1.165) is 17.0 Å². The number of pyridine rings is 1. The molecule has 2 aromatic rings. The van der Waals surface area contributed by atoms with Gasteiger partial charge in [-0.1, -0.05) is 6.07 Å². The second kappa shape index (κ2) is 4.96. The Morgan fingerprint density at radius 2 is 2.06 bits per heavy atom. The molecule has 0 saturated carbocycles. The van der Waals surface area contributed by atoms with Gasteiger partial charge in [0.25, 0.3) is 0 Å². The van der Waals surface area contributed by atoms with Gasteiger partial charge in [-0.2, -0.15) is 0 Å². The van der Waals surface area contributed by atoms with Crippen molar-refractivity contribution >= 4 is 11.3 Å². The number of thiophene rings is 1. The van der Waals surface area contributed by atoms with Crippen LogP contribution in [0.15, 0.2) is 23.6 Å². The Hall–Kier alpha value is -1.23. The van der Waals surface area contributed by atoms with E-state index in [2.05, 4.69) is 34.8 Å². The first-order valence-electron chi connectivity index (χ1n) is 5.57. The molecule has 3 N–H and O–H groups in total. The molecule has 90 valence electrons. The van der Waals surface area contributed by atoms with Crippen molar-refractivity contribution < 1.29 is 0 Å². The third-order valence-corrected chi connectivity index (χ3v) is 3.71. The molecule has 0 fully saturated rings. The standard InChI is InChI=1S/C13H17N3S/c1-8-4-5-12(10(3)15-8)13(16-14)11-6-9(2)17-7-11/h4-7,13,16H,14H2,1-3H3. The number of hydrogen-bond acceptors (Lipinski definition) is 4.